The number of amides is 1. The average Bonchev–Trinajstić information content (AvgIpc) is 3.20. The SMILES string of the molecule is Cl.Cl.NN1C=Nc2ccccc2C1.O=C(O)c1cc(NC(=O)c2cc(F)c(F)cc2Cl)n[nH]1. The number of rotatable bonds is 3. The van der Waals surface area contributed by atoms with Crippen LogP contribution in [0.25, 0.3) is 0 Å². The number of hydrogen-bond acceptors (Lipinski definition) is 6. The number of carbonyl (C=O) groups is 2. The molecule has 0 fully saturated rings. The lowest BCUT2D eigenvalue weighted by Crippen LogP contribution is -2.30. The number of aromatic amines is 1. The number of nitrogens with zero attached hydrogens (tertiary/aromatic N) is 3. The summed E-state index contributed by atoms with van der Waals surface area (Å²) >= 11 is 5.63. The van der Waals surface area contributed by atoms with Crippen molar-refractivity contribution in [3.63, 3.8) is 0 Å². The number of nitrogens with two attached hydrogens (primary N) is 1. The Morgan fingerprint density at radius 3 is 2.48 bits per heavy atom. The molecular weight excluding hydrogens is 505 g/mol. The van der Waals surface area contributed by atoms with Crippen molar-refractivity contribution < 1.29 is 23.5 Å². The molecule has 5 N–H and O–H groups in total. The van der Waals surface area contributed by atoms with Crippen molar-refractivity contribution in [1.29, 1.82) is 0 Å². The Labute approximate surface area is 203 Å². The van der Waals surface area contributed by atoms with Gasteiger partial charge in [0.25, 0.3) is 5.91 Å². The summed E-state index contributed by atoms with van der Waals surface area (Å²) in [5.41, 5.74) is 1.66. The number of H-pyrrole nitrogens is 1. The van der Waals surface area contributed by atoms with Gasteiger partial charge in [-0.25, -0.2) is 24.4 Å². The number of aromatic nitrogens is 2. The van der Waals surface area contributed by atoms with E-state index in [0.29, 0.717) is 12.1 Å². The number of benzene rings is 2. The average molecular weight is 522 g/mol. The smallest absolute Gasteiger partial charge is 0.353 e. The summed E-state index contributed by atoms with van der Waals surface area (Å²) in [6.07, 6.45) is 1.64. The van der Waals surface area contributed by atoms with E-state index in [9.17, 15) is 18.4 Å². The van der Waals surface area contributed by atoms with E-state index in [4.69, 9.17) is 22.6 Å². The van der Waals surface area contributed by atoms with Crippen LogP contribution in [0.2, 0.25) is 5.02 Å². The van der Waals surface area contributed by atoms with Gasteiger partial charge in [0.1, 0.15) is 12.0 Å². The van der Waals surface area contributed by atoms with Crippen molar-refractivity contribution in [2.24, 2.45) is 10.8 Å². The van der Waals surface area contributed by atoms with Crippen LogP contribution in [0.3, 0.4) is 0 Å². The summed E-state index contributed by atoms with van der Waals surface area (Å²) in [5, 5.41) is 17.8. The molecule has 0 spiro atoms. The van der Waals surface area contributed by atoms with Gasteiger partial charge in [0.15, 0.2) is 17.5 Å². The van der Waals surface area contributed by atoms with Crippen LogP contribution in [0.4, 0.5) is 20.3 Å². The number of carbonyl (C=O) groups excluding carboxylic acids is 1. The molecule has 1 aliphatic rings. The van der Waals surface area contributed by atoms with Crippen molar-refractivity contribution in [2.75, 3.05) is 5.32 Å². The third-order valence-corrected chi connectivity index (χ3v) is 4.31. The molecule has 4 rings (SSSR count). The highest BCUT2D eigenvalue weighted by Gasteiger charge is 2.17. The predicted octanol–water partition coefficient (Wildman–Crippen LogP) is 4.17. The van der Waals surface area contributed by atoms with Crippen LogP contribution in [0.15, 0.2) is 47.5 Å². The van der Waals surface area contributed by atoms with E-state index in [1.54, 1.807) is 11.3 Å². The number of hydrogen-bond donors (Lipinski definition) is 4. The first kappa shape index (κ1) is 27.8. The number of anilines is 1. The van der Waals surface area contributed by atoms with Crippen LogP contribution in [0, 0.1) is 11.6 Å². The second-order valence-corrected chi connectivity index (χ2v) is 6.63. The van der Waals surface area contributed by atoms with Gasteiger partial charge in [0, 0.05) is 6.07 Å². The minimum Gasteiger partial charge on any atom is -0.477 e. The van der Waals surface area contributed by atoms with Gasteiger partial charge in [-0.15, -0.1) is 24.8 Å². The summed E-state index contributed by atoms with van der Waals surface area (Å²) in [7, 11) is 0. The molecular formula is C19H17Cl3F2N6O3. The van der Waals surface area contributed by atoms with Gasteiger partial charge >= 0.3 is 5.97 Å². The van der Waals surface area contributed by atoms with Gasteiger partial charge in [-0.1, -0.05) is 29.8 Å². The fourth-order valence-electron chi connectivity index (χ4n) is 2.52. The van der Waals surface area contributed by atoms with Gasteiger partial charge < -0.3 is 10.4 Å². The lowest BCUT2D eigenvalue weighted by molar-refractivity contribution is 0.0690. The van der Waals surface area contributed by atoms with Gasteiger partial charge in [0.2, 0.25) is 0 Å². The Morgan fingerprint density at radius 2 is 1.82 bits per heavy atom. The summed E-state index contributed by atoms with van der Waals surface area (Å²) < 4.78 is 25.9. The first-order chi connectivity index (χ1) is 14.7. The molecule has 9 nitrogen and oxygen atoms in total. The highest BCUT2D eigenvalue weighted by molar-refractivity contribution is 6.34. The third kappa shape index (κ3) is 7.12. The van der Waals surface area contributed by atoms with E-state index < -0.39 is 23.5 Å². The first-order valence-corrected chi connectivity index (χ1v) is 9.00. The molecule has 33 heavy (non-hydrogen) atoms. The first-order valence-electron chi connectivity index (χ1n) is 8.62. The molecule has 2 heterocycles. The minimum atomic E-state index is -1.26. The summed E-state index contributed by atoms with van der Waals surface area (Å²) in [6, 6.07) is 10.4. The van der Waals surface area contributed by atoms with Crippen LogP contribution < -0.4 is 11.2 Å². The molecule has 0 atom stereocenters. The largest absolute Gasteiger partial charge is 0.477 e. The molecule has 3 aromatic rings. The second kappa shape index (κ2) is 12.1. The fraction of sp³-hybridized carbons (Fsp3) is 0.0526. The van der Waals surface area contributed by atoms with Gasteiger partial charge in [0.05, 0.1) is 22.8 Å². The molecule has 0 unspecified atom stereocenters. The van der Waals surface area contributed by atoms with Gasteiger partial charge in [-0.3, -0.25) is 14.9 Å². The third-order valence-electron chi connectivity index (χ3n) is 3.99. The number of carboxylic acid groups (broad SMARTS) is 1. The number of carboxylic acids is 1. The number of para-hydroxylation sites is 1. The predicted molar refractivity (Wildman–Crippen MR) is 124 cm³/mol. The Balaban J connectivity index is 0.000000357. The number of hydrazine groups is 1. The van der Waals surface area contributed by atoms with Gasteiger partial charge in [-0.05, 0) is 23.8 Å². The van der Waals surface area contributed by atoms with E-state index >= 15 is 0 Å². The van der Waals surface area contributed by atoms with Crippen LogP contribution in [0.5, 0.6) is 0 Å². The van der Waals surface area contributed by atoms with E-state index in [2.05, 4.69) is 20.5 Å². The zero-order chi connectivity index (χ0) is 22.5. The quantitative estimate of drug-likeness (QED) is 0.302. The van der Waals surface area contributed by atoms with Crippen LogP contribution in [-0.2, 0) is 6.54 Å². The Kier molecular flexibility index (Phi) is 10.2. The van der Waals surface area contributed by atoms with Crippen LogP contribution in [0.1, 0.15) is 26.4 Å². The van der Waals surface area contributed by atoms with E-state index in [-0.39, 0.29) is 46.9 Å². The molecule has 0 aliphatic carbocycles. The molecule has 0 saturated carbocycles. The zero-order valence-corrected chi connectivity index (χ0v) is 18.8. The lowest BCUT2D eigenvalue weighted by Gasteiger charge is -2.18. The highest BCUT2D eigenvalue weighted by Crippen LogP contribution is 2.22. The normalized spacial score (nSPS) is 11.2. The second-order valence-electron chi connectivity index (χ2n) is 6.22. The molecule has 14 heteroatoms. The van der Waals surface area contributed by atoms with Crippen molar-refractivity contribution in [3.8, 4) is 0 Å². The fourth-order valence-corrected chi connectivity index (χ4v) is 2.76. The number of fused-ring (bicyclic) bond motifs is 1. The minimum absolute atomic E-state index is 0. The maximum atomic E-state index is 13.1. The van der Waals surface area contributed by atoms with Crippen LogP contribution >= 0.6 is 36.4 Å². The topological polar surface area (TPSA) is 137 Å². The zero-order valence-electron chi connectivity index (χ0n) is 16.5. The maximum Gasteiger partial charge on any atom is 0.353 e. The Hall–Kier alpha value is -3.25. The van der Waals surface area contributed by atoms with E-state index in [0.717, 1.165) is 18.3 Å². The highest BCUT2D eigenvalue weighted by atomic mass is 35.5. The molecule has 176 valence electrons. The number of halogens is 5. The molecule has 1 aliphatic heterocycles. The van der Waals surface area contributed by atoms with Crippen LogP contribution in [-0.4, -0.2) is 38.5 Å². The van der Waals surface area contributed by atoms with Crippen molar-refractivity contribution in [2.45, 2.75) is 6.54 Å². The van der Waals surface area contributed by atoms with Crippen molar-refractivity contribution >= 4 is 66.1 Å². The summed E-state index contributed by atoms with van der Waals surface area (Å²) in [4.78, 5) is 26.6. The monoisotopic (exact) mass is 520 g/mol. The van der Waals surface area contributed by atoms with Gasteiger partial charge in [-0.2, -0.15) is 5.10 Å². The lowest BCUT2D eigenvalue weighted by atomic mass is 10.1. The van der Waals surface area contributed by atoms with Crippen molar-refractivity contribution in [1.82, 2.24) is 15.2 Å². The molecule has 1 aromatic heterocycles. The molecule has 0 bridgehead atoms. The summed E-state index contributed by atoms with van der Waals surface area (Å²) in [6.45, 7) is 0.750. The van der Waals surface area contributed by atoms with E-state index in [1.165, 1.54) is 5.56 Å². The molecule has 0 radical (unpaired) electrons. The Morgan fingerprint density at radius 1 is 1.15 bits per heavy atom. The maximum absolute atomic E-state index is 13.1. The molecule has 2 aromatic carbocycles. The van der Waals surface area contributed by atoms with E-state index in [1.807, 2.05) is 24.3 Å². The Bertz CT molecular complexity index is 1180. The standard InChI is InChI=1S/C11H6ClF2N3O3.C8H9N3.2ClH/c12-5-2-7(14)6(13)1-4(5)10(18)15-9-3-8(11(19)20)16-17-9;9-11-5-7-3-1-2-4-8(7)10-6-11;;/h1-3H,(H,19,20)(H2,15,16,17,18);1-4,6H,5,9H2;2*1H. The molecule has 0 saturated heterocycles. The van der Waals surface area contributed by atoms with Crippen molar-refractivity contribution in [3.05, 3.63) is 75.9 Å². The number of nitrogens with one attached hydrogen (secondary N) is 2. The number of aromatic carboxylic acids is 1. The molecule has 1 amide bonds. The summed E-state index contributed by atoms with van der Waals surface area (Å²) in [5.74, 6) is 0.924. The number of aliphatic imine (C=N–C) groups is 1.